The van der Waals surface area contributed by atoms with Crippen molar-refractivity contribution in [2.75, 3.05) is 6.61 Å². The molecular weight excluding hydrogens is 434 g/mol. The fourth-order valence-electron chi connectivity index (χ4n) is 2.43. The van der Waals surface area contributed by atoms with E-state index in [0.29, 0.717) is 27.6 Å². The summed E-state index contributed by atoms with van der Waals surface area (Å²) in [6, 6.07) is 8.63. The minimum absolute atomic E-state index is 0.0545. The molecule has 0 aliphatic heterocycles. The van der Waals surface area contributed by atoms with Crippen LogP contribution in [-0.2, 0) is 0 Å². The zero-order valence-electron chi connectivity index (χ0n) is 14.5. The number of hydrogen-bond donors (Lipinski definition) is 2. The van der Waals surface area contributed by atoms with Crippen LogP contribution in [0.15, 0.2) is 50.4 Å². The summed E-state index contributed by atoms with van der Waals surface area (Å²) in [5.74, 6) is -0.529. The minimum atomic E-state index is -0.644. The van der Waals surface area contributed by atoms with E-state index in [2.05, 4.69) is 26.5 Å². The number of hydrogen-bond acceptors (Lipinski definition) is 7. The number of nitro groups is 1. The molecule has 1 amide bonds. The number of rotatable bonds is 6. The number of amides is 1. The molecule has 0 aliphatic carbocycles. The second kappa shape index (κ2) is 8.09. The summed E-state index contributed by atoms with van der Waals surface area (Å²) in [6.07, 6.45) is 1.26. The van der Waals surface area contributed by atoms with Crippen LogP contribution >= 0.6 is 15.9 Å². The number of benzene rings is 2. The van der Waals surface area contributed by atoms with E-state index < -0.39 is 10.8 Å². The number of phenolic OH excluding ortho intramolecular Hbond substituents is 1. The summed E-state index contributed by atoms with van der Waals surface area (Å²) in [4.78, 5) is 22.5. The molecule has 3 rings (SSSR count). The van der Waals surface area contributed by atoms with Crippen LogP contribution in [0.4, 0.5) is 5.69 Å². The van der Waals surface area contributed by atoms with Crippen LogP contribution in [-0.4, -0.2) is 28.8 Å². The van der Waals surface area contributed by atoms with Gasteiger partial charge in [-0.2, -0.15) is 5.10 Å². The summed E-state index contributed by atoms with van der Waals surface area (Å²) in [5, 5.41) is 25.2. The number of nitrogens with zero attached hydrogens (tertiary/aromatic N) is 2. The monoisotopic (exact) mass is 447 g/mol. The third-order valence-corrected chi connectivity index (χ3v) is 4.13. The van der Waals surface area contributed by atoms with Gasteiger partial charge in [0.15, 0.2) is 17.3 Å². The van der Waals surface area contributed by atoms with Crippen molar-refractivity contribution in [3.63, 3.8) is 0 Å². The highest BCUT2D eigenvalue weighted by Gasteiger charge is 2.15. The number of fused-ring (bicyclic) bond motifs is 1. The molecule has 0 aliphatic rings. The minimum Gasteiger partial charge on any atom is -0.504 e. The Morgan fingerprint density at radius 3 is 2.89 bits per heavy atom. The summed E-state index contributed by atoms with van der Waals surface area (Å²) in [7, 11) is 0. The fraction of sp³-hybridized carbons (Fsp3) is 0.111. The van der Waals surface area contributed by atoms with Crippen molar-refractivity contribution in [1.82, 2.24) is 5.43 Å². The van der Waals surface area contributed by atoms with Gasteiger partial charge >= 0.3 is 5.91 Å². The van der Waals surface area contributed by atoms with Crippen molar-refractivity contribution < 1.29 is 24.0 Å². The molecule has 0 fully saturated rings. The van der Waals surface area contributed by atoms with Gasteiger partial charge in [-0.15, -0.1) is 0 Å². The quantitative estimate of drug-likeness (QED) is 0.334. The number of carbonyl (C=O) groups is 1. The number of phenols is 1. The first kappa shape index (κ1) is 19.4. The van der Waals surface area contributed by atoms with E-state index in [1.165, 1.54) is 30.5 Å². The number of carbonyl (C=O) groups excluding carboxylic acids is 1. The number of hydrazone groups is 1. The fourth-order valence-corrected chi connectivity index (χ4v) is 2.88. The first-order chi connectivity index (χ1) is 13.4. The Morgan fingerprint density at radius 1 is 1.39 bits per heavy atom. The Balaban J connectivity index is 1.77. The molecule has 0 unspecified atom stereocenters. The SMILES string of the molecule is CCOc1cc(Br)cc(/C=N/NC(=O)c2cc3cc([N+](=O)[O-])ccc3o2)c1O. The maximum atomic E-state index is 12.2. The summed E-state index contributed by atoms with van der Waals surface area (Å²) in [5.41, 5.74) is 2.85. The van der Waals surface area contributed by atoms with Gasteiger partial charge in [-0.3, -0.25) is 14.9 Å². The van der Waals surface area contributed by atoms with Crippen LogP contribution in [0.2, 0.25) is 0 Å². The highest BCUT2D eigenvalue weighted by molar-refractivity contribution is 9.10. The third kappa shape index (κ3) is 4.12. The van der Waals surface area contributed by atoms with E-state index in [1.807, 2.05) is 0 Å². The van der Waals surface area contributed by atoms with Crippen LogP contribution in [0.3, 0.4) is 0 Å². The molecule has 0 radical (unpaired) electrons. The number of nitro benzene ring substituents is 1. The van der Waals surface area contributed by atoms with Crippen molar-refractivity contribution in [3.05, 3.63) is 62.3 Å². The Morgan fingerprint density at radius 2 is 2.18 bits per heavy atom. The molecule has 10 heteroatoms. The van der Waals surface area contributed by atoms with Crippen molar-refractivity contribution in [3.8, 4) is 11.5 Å². The normalized spacial score (nSPS) is 11.1. The molecule has 2 N–H and O–H groups in total. The first-order valence-electron chi connectivity index (χ1n) is 8.05. The maximum absolute atomic E-state index is 12.2. The van der Waals surface area contributed by atoms with Gasteiger partial charge in [0, 0.05) is 27.6 Å². The van der Waals surface area contributed by atoms with Crippen molar-refractivity contribution >= 4 is 44.7 Å². The van der Waals surface area contributed by atoms with E-state index in [1.54, 1.807) is 19.1 Å². The summed E-state index contributed by atoms with van der Waals surface area (Å²) < 4.78 is 11.4. The Bertz CT molecular complexity index is 1090. The van der Waals surface area contributed by atoms with E-state index in [0.717, 1.165) is 0 Å². The molecule has 28 heavy (non-hydrogen) atoms. The molecule has 0 saturated carbocycles. The largest absolute Gasteiger partial charge is 0.504 e. The van der Waals surface area contributed by atoms with Crippen LogP contribution in [0.5, 0.6) is 11.5 Å². The number of ether oxygens (including phenoxy) is 1. The molecule has 0 bridgehead atoms. The predicted molar refractivity (Wildman–Crippen MR) is 105 cm³/mol. The second-order valence-electron chi connectivity index (χ2n) is 5.56. The van der Waals surface area contributed by atoms with E-state index in [9.17, 15) is 20.0 Å². The number of non-ortho nitro benzene ring substituents is 1. The Hall–Kier alpha value is -3.40. The van der Waals surface area contributed by atoms with Gasteiger partial charge in [-0.05, 0) is 31.2 Å². The molecular formula is C18H14BrN3O6. The first-order valence-corrected chi connectivity index (χ1v) is 8.85. The lowest BCUT2D eigenvalue weighted by atomic mass is 10.2. The van der Waals surface area contributed by atoms with Crippen LogP contribution in [0, 0.1) is 10.1 Å². The standard InChI is InChI=1S/C18H14BrN3O6/c1-2-27-15-8-12(19)5-11(17(15)23)9-20-21-18(24)16-7-10-6-13(22(25)26)3-4-14(10)28-16/h3-9,23H,2H2,1H3,(H,21,24)/b20-9+. The topological polar surface area (TPSA) is 127 Å². The van der Waals surface area contributed by atoms with Crippen molar-refractivity contribution in [1.29, 1.82) is 0 Å². The number of aromatic hydroxyl groups is 1. The summed E-state index contributed by atoms with van der Waals surface area (Å²) >= 11 is 3.31. The van der Waals surface area contributed by atoms with E-state index >= 15 is 0 Å². The average molecular weight is 448 g/mol. The van der Waals surface area contributed by atoms with Gasteiger partial charge in [0.25, 0.3) is 5.69 Å². The molecule has 1 heterocycles. The van der Waals surface area contributed by atoms with Gasteiger partial charge in [0.1, 0.15) is 5.58 Å². The van der Waals surface area contributed by atoms with Gasteiger partial charge in [0.05, 0.1) is 17.7 Å². The summed E-state index contributed by atoms with van der Waals surface area (Å²) in [6.45, 7) is 2.16. The molecule has 144 valence electrons. The lowest BCUT2D eigenvalue weighted by Gasteiger charge is -2.08. The number of halogens is 1. The third-order valence-electron chi connectivity index (χ3n) is 3.67. The van der Waals surface area contributed by atoms with Gasteiger partial charge in [-0.1, -0.05) is 15.9 Å². The average Bonchev–Trinajstić information content (AvgIpc) is 3.08. The smallest absolute Gasteiger partial charge is 0.307 e. The zero-order chi connectivity index (χ0) is 20.3. The molecule has 0 spiro atoms. The van der Waals surface area contributed by atoms with E-state index in [4.69, 9.17) is 9.15 Å². The number of furan rings is 1. The van der Waals surface area contributed by atoms with E-state index in [-0.39, 0.29) is 22.9 Å². The van der Waals surface area contributed by atoms with Crippen LogP contribution in [0.1, 0.15) is 23.0 Å². The highest BCUT2D eigenvalue weighted by atomic mass is 79.9. The van der Waals surface area contributed by atoms with Gasteiger partial charge in [-0.25, -0.2) is 5.43 Å². The molecule has 0 atom stereocenters. The second-order valence-corrected chi connectivity index (χ2v) is 6.48. The molecule has 3 aromatic rings. The lowest BCUT2D eigenvalue weighted by molar-refractivity contribution is -0.384. The van der Waals surface area contributed by atoms with Crippen molar-refractivity contribution in [2.24, 2.45) is 5.10 Å². The molecule has 1 aromatic heterocycles. The van der Waals surface area contributed by atoms with Crippen LogP contribution in [0.25, 0.3) is 11.0 Å². The highest BCUT2D eigenvalue weighted by Crippen LogP contribution is 2.33. The Labute approximate surface area is 166 Å². The van der Waals surface area contributed by atoms with Crippen LogP contribution < -0.4 is 10.2 Å². The lowest BCUT2D eigenvalue weighted by Crippen LogP contribution is -2.16. The molecule has 0 saturated heterocycles. The maximum Gasteiger partial charge on any atom is 0.307 e. The predicted octanol–water partition coefficient (Wildman–Crippen LogP) is 3.97. The van der Waals surface area contributed by atoms with Crippen molar-refractivity contribution in [2.45, 2.75) is 6.92 Å². The Kier molecular flexibility index (Phi) is 5.59. The molecule has 9 nitrogen and oxygen atoms in total. The van der Waals surface area contributed by atoms with Gasteiger partial charge in [0.2, 0.25) is 0 Å². The number of nitrogens with one attached hydrogen (secondary N) is 1. The zero-order valence-corrected chi connectivity index (χ0v) is 16.1. The van der Waals surface area contributed by atoms with Gasteiger partial charge < -0.3 is 14.3 Å². The molecule has 2 aromatic carbocycles.